The van der Waals surface area contributed by atoms with E-state index >= 15 is 0 Å². The summed E-state index contributed by atoms with van der Waals surface area (Å²) in [6.07, 6.45) is 4.05. The Morgan fingerprint density at radius 2 is 1.74 bits per heavy atom. The van der Waals surface area contributed by atoms with Crippen LogP contribution < -0.4 is 5.59 Å². The number of hydrogen-bond donors (Lipinski definition) is 0. The fraction of sp³-hybridized carbons (Fsp3) is 0.786. The van der Waals surface area contributed by atoms with Crippen molar-refractivity contribution in [2.24, 2.45) is 5.92 Å². The van der Waals surface area contributed by atoms with Crippen molar-refractivity contribution >= 4 is 24.0 Å². The average Bonchev–Trinajstić information content (AvgIpc) is 2.66. The van der Waals surface area contributed by atoms with Crippen LogP contribution in [-0.4, -0.2) is 23.3 Å². The Bertz CT molecular complexity index is 506. The van der Waals surface area contributed by atoms with Gasteiger partial charge in [-0.05, 0) is 52.9 Å². The Balaban J connectivity index is 1.57. The average molecular weight is 277 g/mol. The van der Waals surface area contributed by atoms with E-state index in [2.05, 4.69) is 33.1 Å². The molecule has 0 amide bonds. The van der Waals surface area contributed by atoms with Gasteiger partial charge >= 0.3 is 7.12 Å². The standard InChI is InChI=1S/C14H20BNO2S/c1-12(2)13(3,4)18-15(17-12)10-8-19-11(16-10)14-5-9(6-14)7-14/h8-9H,5-7H2,1-4H3. The van der Waals surface area contributed by atoms with Gasteiger partial charge in [-0.3, -0.25) is 0 Å². The van der Waals surface area contributed by atoms with Crippen molar-refractivity contribution in [1.29, 1.82) is 0 Å². The molecule has 3 nitrogen and oxygen atoms in total. The highest BCUT2D eigenvalue weighted by molar-refractivity contribution is 7.10. The Morgan fingerprint density at radius 1 is 1.16 bits per heavy atom. The molecule has 0 radical (unpaired) electrons. The molecule has 2 bridgehead atoms. The van der Waals surface area contributed by atoms with Gasteiger partial charge in [0.25, 0.3) is 0 Å². The van der Waals surface area contributed by atoms with E-state index in [1.807, 2.05) is 0 Å². The summed E-state index contributed by atoms with van der Waals surface area (Å²) in [5, 5.41) is 3.43. The van der Waals surface area contributed by atoms with Crippen LogP contribution in [0.5, 0.6) is 0 Å². The summed E-state index contributed by atoms with van der Waals surface area (Å²) in [7, 11) is -0.303. The first-order valence-corrected chi connectivity index (χ1v) is 8.01. The number of thiazole rings is 1. The van der Waals surface area contributed by atoms with E-state index in [1.165, 1.54) is 24.3 Å². The normalized spacial score (nSPS) is 37.9. The minimum Gasteiger partial charge on any atom is -0.398 e. The van der Waals surface area contributed by atoms with Crippen molar-refractivity contribution in [2.75, 3.05) is 0 Å². The van der Waals surface area contributed by atoms with Crippen molar-refractivity contribution in [2.45, 2.75) is 63.6 Å². The van der Waals surface area contributed by atoms with E-state index < -0.39 is 0 Å². The van der Waals surface area contributed by atoms with Gasteiger partial charge in [-0.1, -0.05) is 0 Å². The molecule has 3 aliphatic carbocycles. The molecule has 4 aliphatic rings. The molecule has 1 aromatic heterocycles. The molecule has 3 saturated carbocycles. The maximum absolute atomic E-state index is 6.06. The van der Waals surface area contributed by atoms with Gasteiger partial charge in [0.05, 0.1) is 21.8 Å². The van der Waals surface area contributed by atoms with E-state index in [1.54, 1.807) is 11.3 Å². The molecule has 0 aromatic carbocycles. The third kappa shape index (κ3) is 1.55. The van der Waals surface area contributed by atoms with Crippen LogP contribution in [0.1, 0.15) is 52.0 Å². The number of hydrogen-bond acceptors (Lipinski definition) is 4. The van der Waals surface area contributed by atoms with Crippen LogP contribution in [-0.2, 0) is 14.7 Å². The molecule has 0 spiro atoms. The van der Waals surface area contributed by atoms with Crippen LogP contribution in [0.25, 0.3) is 0 Å². The van der Waals surface area contributed by atoms with Crippen LogP contribution in [0.4, 0.5) is 0 Å². The van der Waals surface area contributed by atoms with Crippen molar-refractivity contribution in [3.8, 4) is 0 Å². The van der Waals surface area contributed by atoms with Crippen LogP contribution in [0.2, 0.25) is 0 Å². The molecule has 1 aliphatic heterocycles. The Hall–Kier alpha value is -0.385. The molecule has 0 N–H and O–H groups in total. The van der Waals surface area contributed by atoms with E-state index in [0.717, 1.165) is 11.5 Å². The topological polar surface area (TPSA) is 31.4 Å². The van der Waals surface area contributed by atoms with Crippen LogP contribution in [0.3, 0.4) is 0 Å². The van der Waals surface area contributed by atoms with Crippen LogP contribution in [0, 0.1) is 5.92 Å². The molecule has 5 rings (SSSR count). The molecule has 0 atom stereocenters. The third-order valence-electron chi connectivity index (χ3n) is 5.51. The summed E-state index contributed by atoms with van der Waals surface area (Å²) in [6, 6.07) is 0. The molecule has 1 aromatic rings. The van der Waals surface area contributed by atoms with Gasteiger partial charge in [-0.15, -0.1) is 11.3 Å². The van der Waals surface area contributed by atoms with Gasteiger partial charge in [0.2, 0.25) is 0 Å². The maximum atomic E-state index is 6.06. The summed E-state index contributed by atoms with van der Waals surface area (Å²) in [4.78, 5) is 4.82. The monoisotopic (exact) mass is 277 g/mol. The highest BCUT2D eigenvalue weighted by Gasteiger charge is 2.59. The first-order chi connectivity index (χ1) is 8.81. The Kier molecular flexibility index (Phi) is 2.24. The summed E-state index contributed by atoms with van der Waals surface area (Å²) in [5.74, 6) is 0.990. The number of nitrogens with zero attached hydrogens (tertiary/aromatic N) is 1. The molecule has 0 unspecified atom stereocenters. The molecular formula is C14H20BNO2S. The van der Waals surface area contributed by atoms with Gasteiger partial charge in [-0.25, -0.2) is 4.98 Å². The van der Waals surface area contributed by atoms with E-state index in [0.29, 0.717) is 5.41 Å². The fourth-order valence-electron chi connectivity index (χ4n) is 3.34. The van der Waals surface area contributed by atoms with Crippen molar-refractivity contribution < 1.29 is 9.31 Å². The molecular weight excluding hydrogens is 257 g/mol. The highest BCUT2D eigenvalue weighted by atomic mass is 32.1. The predicted molar refractivity (Wildman–Crippen MR) is 76.8 cm³/mol. The molecule has 19 heavy (non-hydrogen) atoms. The second-order valence-corrected chi connectivity index (χ2v) is 8.28. The van der Waals surface area contributed by atoms with Crippen molar-refractivity contribution in [3.05, 3.63) is 10.4 Å². The summed E-state index contributed by atoms with van der Waals surface area (Å²) in [5.41, 5.74) is 0.843. The zero-order valence-electron chi connectivity index (χ0n) is 12.0. The fourth-order valence-corrected chi connectivity index (χ4v) is 4.40. The van der Waals surface area contributed by atoms with Gasteiger partial charge in [0, 0.05) is 10.8 Å². The smallest absolute Gasteiger partial charge is 0.398 e. The quantitative estimate of drug-likeness (QED) is 0.778. The summed E-state index contributed by atoms with van der Waals surface area (Å²) in [6.45, 7) is 8.34. The highest BCUT2D eigenvalue weighted by Crippen LogP contribution is 2.65. The summed E-state index contributed by atoms with van der Waals surface area (Å²) >= 11 is 1.79. The maximum Gasteiger partial charge on any atom is 0.515 e. The Morgan fingerprint density at radius 3 is 2.21 bits per heavy atom. The Labute approximate surface area is 118 Å². The van der Waals surface area contributed by atoms with E-state index in [4.69, 9.17) is 14.3 Å². The van der Waals surface area contributed by atoms with Gasteiger partial charge in [0.1, 0.15) is 0 Å². The molecule has 5 heteroatoms. The zero-order valence-corrected chi connectivity index (χ0v) is 12.8. The van der Waals surface area contributed by atoms with Gasteiger partial charge in [-0.2, -0.15) is 0 Å². The van der Waals surface area contributed by atoms with Crippen LogP contribution in [0.15, 0.2) is 5.38 Å². The lowest BCUT2D eigenvalue weighted by Crippen LogP contribution is -2.55. The number of aromatic nitrogens is 1. The third-order valence-corrected chi connectivity index (χ3v) is 6.62. The van der Waals surface area contributed by atoms with E-state index in [9.17, 15) is 0 Å². The molecule has 102 valence electrons. The SMILES string of the molecule is CC1(C)OB(c2csc(C34CC(C3)C4)n2)OC1(C)C. The molecule has 2 heterocycles. The summed E-state index contributed by atoms with van der Waals surface area (Å²) < 4.78 is 12.1. The lowest BCUT2D eigenvalue weighted by Gasteiger charge is -2.60. The first kappa shape index (κ1) is 12.4. The van der Waals surface area contributed by atoms with Crippen molar-refractivity contribution in [3.63, 3.8) is 0 Å². The second kappa shape index (κ2) is 3.44. The minimum absolute atomic E-state index is 0.280. The largest absolute Gasteiger partial charge is 0.515 e. The predicted octanol–water partition coefficient (Wildman–Crippen LogP) is 2.49. The van der Waals surface area contributed by atoms with Crippen molar-refractivity contribution in [1.82, 2.24) is 4.98 Å². The number of rotatable bonds is 2. The first-order valence-electron chi connectivity index (χ1n) is 7.13. The lowest BCUT2D eigenvalue weighted by atomic mass is 9.45. The zero-order chi connectivity index (χ0) is 13.5. The van der Waals surface area contributed by atoms with Gasteiger partial charge in [0.15, 0.2) is 0 Å². The lowest BCUT2D eigenvalue weighted by molar-refractivity contribution is -0.0274. The van der Waals surface area contributed by atoms with E-state index in [-0.39, 0.29) is 18.3 Å². The van der Waals surface area contributed by atoms with Crippen LogP contribution >= 0.6 is 11.3 Å². The van der Waals surface area contributed by atoms with Gasteiger partial charge < -0.3 is 9.31 Å². The molecule has 1 saturated heterocycles. The molecule has 4 fully saturated rings. The second-order valence-electron chi connectivity index (χ2n) is 7.42. The minimum atomic E-state index is -0.303.